The molecule has 4 aliphatic rings. The minimum Gasteiger partial charge on any atom is -0.394 e. The molecule has 274 valence electrons. The van der Waals surface area contributed by atoms with E-state index >= 15 is 0 Å². The van der Waals surface area contributed by atoms with Crippen molar-refractivity contribution >= 4 is 5.91 Å². The topological polar surface area (TPSA) is 336 Å². The van der Waals surface area contributed by atoms with Gasteiger partial charge < -0.3 is 99.8 Å². The number of aliphatic hydroxyl groups is 12. The number of amides is 1. The van der Waals surface area contributed by atoms with Crippen molar-refractivity contribution in [1.82, 2.24) is 5.32 Å². The van der Waals surface area contributed by atoms with E-state index in [0.29, 0.717) is 0 Å². The van der Waals surface area contributed by atoms with Gasteiger partial charge in [0.05, 0.1) is 25.9 Å². The molecule has 0 radical (unpaired) electrons. The fourth-order valence-corrected chi connectivity index (χ4v) is 5.89. The molecule has 21 nitrogen and oxygen atoms in total. The summed E-state index contributed by atoms with van der Waals surface area (Å²) in [7, 11) is 0. The summed E-state index contributed by atoms with van der Waals surface area (Å²) in [5, 5.41) is 126. The number of nitrogens with one attached hydrogen (secondary N) is 1. The standard InChI is InChI=1S/C26H45NO20/c1-6-12(32)15(35)18(38)25(41-6)46-21-11(27-7(2)31)24(43-8(3-28)13(21)33)47-22-14(34)9(4-29)44-26(19(22)39)45-20-10(5-30)42-23(40)17(37)16(20)36/h6,8-26,28-30,32-40H,3-5H2,1-2H3,(H,27,31)/t6-,8-,9-,10-,11-,12+,13-,14+,15+,16-,17-,18-,19-,20-,21-,22+,23-,24+,25-,26+/m1/s1. The van der Waals surface area contributed by atoms with Crippen LogP contribution in [0.1, 0.15) is 13.8 Å². The van der Waals surface area contributed by atoms with Crippen molar-refractivity contribution in [2.24, 2.45) is 0 Å². The van der Waals surface area contributed by atoms with Crippen molar-refractivity contribution in [1.29, 1.82) is 0 Å². The summed E-state index contributed by atoms with van der Waals surface area (Å²) < 4.78 is 38.9. The second-order valence-corrected chi connectivity index (χ2v) is 11.9. The molecule has 13 N–H and O–H groups in total. The molecule has 0 saturated carbocycles. The number of aliphatic hydroxyl groups excluding tert-OH is 12. The maximum Gasteiger partial charge on any atom is 0.217 e. The van der Waals surface area contributed by atoms with E-state index in [-0.39, 0.29) is 0 Å². The Morgan fingerprint density at radius 3 is 1.64 bits per heavy atom. The SMILES string of the molecule is CC(=O)N[C@H]1[C@H](O[C@H]2[C@@H](O)[C@@H](CO)O[C@@H](O[C@H]3[C@H](O)[C@@H](O)[C@H](O)O[C@@H]3CO)[C@@H]2O)O[C@H](CO)[C@@H](O)[C@@H]1O[C@H]1O[C@H](C)[C@H](O)[C@H](O)[C@H]1O. The van der Waals surface area contributed by atoms with Gasteiger partial charge in [-0.3, -0.25) is 4.79 Å². The molecule has 0 aromatic rings. The molecular formula is C26H45NO20. The first-order valence-corrected chi connectivity index (χ1v) is 15.0. The van der Waals surface area contributed by atoms with Crippen LogP contribution in [0.5, 0.6) is 0 Å². The van der Waals surface area contributed by atoms with Gasteiger partial charge in [-0.2, -0.15) is 0 Å². The van der Waals surface area contributed by atoms with Gasteiger partial charge in [0.15, 0.2) is 25.2 Å². The Hall–Kier alpha value is -1.29. The minimum absolute atomic E-state index is 0.728. The average molecular weight is 692 g/mol. The molecule has 0 aromatic heterocycles. The number of carbonyl (C=O) groups is 1. The number of hydrogen-bond donors (Lipinski definition) is 13. The molecule has 21 heteroatoms. The third kappa shape index (κ3) is 8.04. The van der Waals surface area contributed by atoms with Crippen molar-refractivity contribution in [2.75, 3.05) is 19.8 Å². The van der Waals surface area contributed by atoms with Crippen molar-refractivity contribution in [3.63, 3.8) is 0 Å². The smallest absolute Gasteiger partial charge is 0.217 e. The third-order valence-electron chi connectivity index (χ3n) is 8.57. The quantitative estimate of drug-likeness (QED) is 0.101. The minimum atomic E-state index is -2.01. The van der Waals surface area contributed by atoms with Gasteiger partial charge in [-0.25, -0.2) is 0 Å². The normalized spacial score (nSPS) is 51.0. The van der Waals surface area contributed by atoms with E-state index in [2.05, 4.69) is 5.32 Å². The summed E-state index contributed by atoms with van der Waals surface area (Å²) in [4.78, 5) is 12.3. The molecule has 4 rings (SSSR count). The summed E-state index contributed by atoms with van der Waals surface area (Å²) in [6, 6.07) is -1.54. The predicted octanol–water partition coefficient (Wildman–Crippen LogP) is -8.58. The van der Waals surface area contributed by atoms with Gasteiger partial charge >= 0.3 is 0 Å². The van der Waals surface area contributed by atoms with Gasteiger partial charge in [0, 0.05) is 6.92 Å². The van der Waals surface area contributed by atoms with Gasteiger partial charge in [-0.15, -0.1) is 0 Å². The highest BCUT2D eigenvalue weighted by molar-refractivity contribution is 5.73. The first-order chi connectivity index (χ1) is 22.1. The largest absolute Gasteiger partial charge is 0.394 e. The summed E-state index contributed by atoms with van der Waals surface area (Å²) in [5.41, 5.74) is 0. The molecule has 0 unspecified atom stereocenters. The Morgan fingerprint density at radius 1 is 0.553 bits per heavy atom. The molecule has 0 bridgehead atoms. The van der Waals surface area contributed by atoms with E-state index < -0.39 is 148 Å². The highest BCUT2D eigenvalue weighted by Gasteiger charge is 2.55. The van der Waals surface area contributed by atoms with E-state index in [9.17, 15) is 66.1 Å². The Balaban J connectivity index is 1.60. The molecule has 4 heterocycles. The van der Waals surface area contributed by atoms with Crippen LogP contribution in [0, 0.1) is 0 Å². The van der Waals surface area contributed by atoms with Crippen LogP contribution in [0.3, 0.4) is 0 Å². The summed E-state index contributed by atoms with van der Waals surface area (Å²) in [5.74, 6) is -0.728. The Morgan fingerprint density at radius 2 is 1.06 bits per heavy atom. The van der Waals surface area contributed by atoms with E-state index in [1.54, 1.807) is 0 Å². The first kappa shape index (κ1) is 38.5. The van der Waals surface area contributed by atoms with E-state index in [4.69, 9.17) is 33.2 Å². The highest BCUT2D eigenvalue weighted by Crippen LogP contribution is 2.34. The number of ether oxygens (including phenoxy) is 7. The molecule has 1 amide bonds. The van der Waals surface area contributed by atoms with Crippen LogP contribution in [-0.4, -0.2) is 210 Å². The van der Waals surface area contributed by atoms with Crippen LogP contribution in [0.15, 0.2) is 0 Å². The van der Waals surface area contributed by atoms with Crippen LogP contribution in [-0.2, 0) is 38.0 Å². The lowest BCUT2D eigenvalue weighted by Gasteiger charge is -2.50. The van der Waals surface area contributed by atoms with Crippen molar-refractivity contribution in [2.45, 2.75) is 137 Å². The van der Waals surface area contributed by atoms with E-state index in [1.165, 1.54) is 6.92 Å². The van der Waals surface area contributed by atoms with Crippen LogP contribution < -0.4 is 5.32 Å². The first-order valence-electron chi connectivity index (χ1n) is 15.0. The predicted molar refractivity (Wildman–Crippen MR) is 144 cm³/mol. The van der Waals surface area contributed by atoms with E-state index in [1.807, 2.05) is 0 Å². The van der Waals surface area contributed by atoms with Crippen LogP contribution in [0.25, 0.3) is 0 Å². The molecule has 20 atom stereocenters. The van der Waals surface area contributed by atoms with Crippen LogP contribution >= 0.6 is 0 Å². The molecular weight excluding hydrogens is 646 g/mol. The van der Waals surface area contributed by atoms with Crippen molar-refractivity contribution in [3.05, 3.63) is 0 Å². The molecule has 0 aliphatic carbocycles. The number of rotatable bonds is 10. The summed E-state index contributed by atoms with van der Waals surface area (Å²) in [6.07, 6.45) is -32.3. The molecule has 4 fully saturated rings. The Labute approximate surface area is 267 Å². The van der Waals surface area contributed by atoms with Gasteiger partial charge in [0.25, 0.3) is 0 Å². The van der Waals surface area contributed by atoms with Crippen LogP contribution in [0.4, 0.5) is 0 Å². The zero-order valence-electron chi connectivity index (χ0n) is 25.3. The zero-order chi connectivity index (χ0) is 34.9. The summed E-state index contributed by atoms with van der Waals surface area (Å²) >= 11 is 0. The molecule has 4 aliphatic heterocycles. The fourth-order valence-electron chi connectivity index (χ4n) is 5.89. The average Bonchev–Trinajstić information content (AvgIpc) is 3.03. The maximum absolute atomic E-state index is 12.3. The molecule has 4 saturated heterocycles. The highest BCUT2D eigenvalue weighted by atomic mass is 16.8. The summed E-state index contributed by atoms with van der Waals surface area (Å²) in [6.45, 7) is -0.111. The Kier molecular flexibility index (Phi) is 13.2. The lowest BCUT2D eigenvalue weighted by Crippen LogP contribution is -2.70. The molecule has 47 heavy (non-hydrogen) atoms. The lowest BCUT2D eigenvalue weighted by molar-refractivity contribution is -0.379. The van der Waals surface area contributed by atoms with Crippen molar-refractivity contribution < 1.29 is 99.2 Å². The van der Waals surface area contributed by atoms with E-state index in [0.717, 1.165) is 6.92 Å². The second-order valence-electron chi connectivity index (χ2n) is 11.9. The maximum atomic E-state index is 12.3. The monoisotopic (exact) mass is 691 g/mol. The third-order valence-corrected chi connectivity index (χ3v) is 8.57. The zero-order valence-corrected chi connectivity index (χ0v) is 25.3. The van der Waals surface area contributed by atoms with Gasteiger partial charge in [-0.05, 0) is 6.92 Å². The van der Waals surface area contributed by atoms with Gasteiger partial charge in [0.1, 0.15) is 91.5 Å². The Bertz CT molecular complexity index is 1010. The van der Waals surface area contributed by atoms with Gasteiger partial charge in [-0.1, -0.05) is 0 Å². The van der Waals surface area contributed by atoms with Crippen LogP contribution in [0.2, 0.25) is 0 Å². The van der Waals surface area contributed by atoms with Gasteiger partial charge in [0.2, 0.25) is 5.91 Å². The van der Waals surface area contributed by atoms with Crippen molar-refractivity contribution in [3.8, 4) is 0 Å². The number of carbonyl (C=O) groups excluding carboxylic acids is 1. The molecule has 0 spiro atoms. The lowest BCUT2D eigenvalue weighted by atomic mass is 9.94. The number of hydrogen-bond acceptors (Lipinski definition) is 20. The molecule has 0 aromatic carbocycles. The fraction of sp³-hybridized carbons (Fsp3) is 0.962. The second kappa shape index (κ2) is 16.2.